The van der Waals surface area contributed by atoms with Crippen LogP contribution in [0.2, 0.25) is 5.02 Å². The Bertz CT molecular complexity index is 1300. The van der Waals surface area contributed by atoms with E-state index < -0.39 is 5.91 Å². The maximum atomic E-state index is 12.6. The summed E-state index contributed by atoms with van der Waals surface area (Å²) in [6.07, 6.45) is 0. The summed E-state index contributed by atoms with van der Waals surface area (Å²) in [6, 6.07) is 12.1. The first kappa shape index (κ1) is 22.2. The van der Waals surface area contributed by atoms with Gasteiger partial charge in [-0.1, -0.05) is 16.8 Å². The van der Waals surface area contributed by atoms with Crippen LogP contribution in [-0.2, 0) is 6.54 Å². The molecule has 0 atom stereocenters. The molecule has 1 amide bonds. The van der Waals surface area contributed by atoms with Gasteiger partial charge in [0, 0.05) is 16.3 Å². The number of hydrogen-bond donors (Lipinski definition) is 2. The van der Waals surface area contributed by atoms with Gasteiger partial charge < -0.3 is 24.9 Å². The van der Waals surface area contributed by atoms with E-state index in [2.05, 4.69) is 20.6 Å². The number of amides is 1. The summed E-state index contributed by atoms with van der Waals surface area (Å²) in [5, 5.41) is 11.2. The number of benzene rings is 2. The topological polar surface area (TPSA) is 130 Å². The normalized spacial score (nSPS) is 10.8. The average molecular weight is 469 g/mol. The number of nitrogens with two attached hydrogens (primary N) is 1. The van der Waals surface area contributed by atoms with Crippen molar-refractivity contribution in [3.8, 4) is 23.0 Å². The summed E-state index contributed by atoms with van der Waals surface area (Å²) < 4.78 is 17.8. The molecule has 0 aliphatic heterocycles. The first-order valence-electron chi connectivity index (χ1n) is 9.84. The lowest BCUT2D eigenvalue weighted by Gasteiger charge is -2.07. The molecule has 0 saturated carbocycles. The van der Waals surface area contributed by atoms with Gasteiger partial charge in [-0.15, -0.1) is 5.10 Å². The molecular formula is C22H21ClN6O4. The Hall–Kier alpha value is -4.05. The maximum absolute atomic E-state index is 12.6. The molecule has 10 nitrogen and oxygen atoms in total. The molecule has 0 bridgehead atoms. The molecule has 11 heteroatoms. The largest absolute Gasteiger partial charge is 0.493 e. The zero-order chi connectivity index (χ0) is 23.5. The standard InChI is InChI=1S/C22H21ClN6O4/c1-12-16(26-22(33-12)13-4-9-17(31-2)18(10-13)32-3)11-29-20(24)19(27-28-29)21(30)25-15-7-5-14(23)6-8-15/h4-10H,11,24H2,1-3H3,(H,25,30). The third-order valence-electron chi connectivity index (χ3n) is 4.91. The van der Waals surface area contributed by atoms with Crippen LogP contribution >= 0.6 is 11.6 Å². The van der Waals surface area contributed by atoms with Crippen LogP contribution in [0.5, 0.6) is 11.5 Å². The fourth-order valence-corrected chi connectivity index (χ4v) is 3.26. The Morgan fingerprint density at radius 3 is 2.58 bits per heavy atom. The van der Waals surface area contributed by atoms with Gasteiger partial charge in [-0.05, 0) is 49.4 Å². The molecule has 170 valence electrons. The van der Waals surface area contributed by atoms with Crippen LogP contribution in [-0.4, -0.2) is 40.1 Å². The molecule has 33 heavy (non-hydrogen) atoms. The Labute approximate surface area is 194 Å². The zero-order valence-electron chi connectivity index (χ0n) is 18.1. The van der Waals surface area contributed by atoms with Crippen LogP contribution in [0.15, 0.2) is 46.9 Å². The number of ether oxygens (including phenoxy) is 2. The Kier molecular flexibility index (Phi) is 6.18. The average Bonchev–Trinajstić information content (AvgIpc) is 3.37. The highest BCUT2D eigenvalue weighted by molar-refractivity contribution is 6.30. The number of nitrogens with one attached hydrogen (secondary N) is 1. The first-order valence-corrected chi connectivity index (χ1v) is 10.2. The van der Waals surface area contributed by atoms with E-state index in [-0.39, 0.29) is 18.1 Å². The highest BCUT2D eigenvalue weighted by Gasteiger charge is 2.20. The number of anilines is 2. The first-order chi connectivity index (χ1) is 15.9. The van der Waals surface area contributed by atoms with Crippen molar-refractivity contribution in [3.63, 3.8) is 0 Å². The van der Waals surface area contributed by atoms with Crippen molar-refractivity contribution in [2.24, 2.45) is 0 Å². The minimum absolute atomic E-state index is 0.00575. The zero-order valence-corrected chi connectivity index (χ0v) is 18.9. The van der Waals surface area contributed by atoms with Crippen molar-refractivity contribution in [1.82, 2.24) is 20.0 Å². The fraction of sp³-hybridized carbons (Fsp3) is 0.182. The van der Waals surface area contributed by atoms with Gasteiger partial charge >= 0.3 is 0 Å². The maximum Gasteiger partial charge on any atom is 0.280 e. The van der Waals surface area contributed by atoms with Crippen molar-refractivity contribution in [2.45, 2.75) is 13.5 Å². The lowest BCUT2D eigenvalue weighted by atomic mass is 10.2. The van der Waals surface area contributed by atoms with Crippen molar-refractivity contribution in [3.05, 3.63) is 64.6 Å². The Morgan fingerprint density at radius 2 is 1.88 bits per heavy atom. The second-order valence-electron chi connectivity index (χ2n) is 7.03. The number of aromatic nitrogens is 4. The summed E-state index contributed by atoms with van der Waals surface area (Å²) in [4.78, 5) is 17.1. The molecule has 4 aromatic rings. The minimum Gasteiger partial charge on any atom is -0.493 e. The van der Waals surface area contributed by atoms with E-state index in [4.69, 9.17) is 31.2 Å². The Morgan fingerprint density at radius 1 is 1.15 bits per heavy atom. The molecule has 2 aromatic carbocycles. The van der Waals surface area contributed by atoms with Gasteiger partial charge in [0.1, 0.15) is 11.5 Å². The van der Waals surface area contributed by atoms with Crippen LogP contribution in [0.25, 0.3) is 11.5 Å². The molecule has 0 unspecified atom stereocenters. The van der Waals surface area contributed by atoms with Crippen LogP contribution in [0.3, 0.4) is 0 Å². The number of carbonyl (C=O) groups is 1. The second-order valence-corrected chi connectivity index (χ2v) is 7.47. The lowest BCUT2D eigenvalue weighted by Crippen LogP contribution is -2.15. The number of methoxy groups -OCH3 is 2. The molecule has 4 rings (SSSR count). The van der Waals surface area contributed by atoms with Gasteiger partial charge in [0.25, 0.3) is 5.91 Å². The van der Waals surface area contributed by atoms with Crippen LogP contribution in [0, 0.1) is 6.92 Å². The van der Waals surface area contributed by atoms with Gasteiger partial charge in [-0.3, -0.25) is 4.79 Å². The van der Waals surface area contributed by atoms with E-state index in [1.54, 1.807) is 57.5 Å². The SMILES string of the molecule is COc1ccc(-c2nc(Cn3nnc(C(=O)Nc4ccc(Cl)cc4)c3N)c(C)o2)cc1OC. The van der Waals surface area contributed by atoms with Crippen molar-refractivity contribution >= 4 is 29.0 Å². The highest BCUT2D eigenvalue weighted by Crippen LogP contribution is 2.32. The fourth-order valence-electron chi connectivity index (χ4n) is 3.13. The lowest BCUT2D eigenvalue weighted by molar-refractivity contribution is 0.102. The van der Waals surface area contributed by atoms with Gasteiger partial charge in [-0.2, -0.15) is 0 Å². The van der Waals surface area contributed by atoms with Gasteiger partial charge in [0.15, 0.2) is 23.0 Å². The van der Waals surface area contributed by atoms with Gasteiger partial charge in [0.05, 0.1) is 20.8 Å². The summed E-state index contributed by atoms with van der Waals surface area (Å²) in [5.74, 6) is 1.78. The third-order valence-corrected chi connectivity index (χ3v) is 5.17. The van der Waals surface area contributed by atoms with Crippen LogP contribution in [0.4, 0.5) is 11.5 Å². The van der Waals surface area contributed by atoms with E-state index in [9.17, 15) is 4.79 Å². The molecular weight excluding hydrogens is 448 g/mol. The predicted octanol–water partition coefficient (Wildman–Crippen LogP) is 3.79. The molecule has 3 N–H and O–H groups in total. The summed E-state index contributed by atoms with van der Waals surface area (Å²) in [5.41, 5.74) is 8.02. The summed E-state index contributed by atoms with van der Waals surface area (Å²) in [7, 11) is 3.12. The number of hydrogen-bond acceptors (Lipinski definition) is 8. The van der Waals surface area contributed by atoms with Gasteiger partial charge in [0.2, 0.25) is 5.89 Å². The predicted molar refractivity (Wildman–Crippen MR) is 123 cm³/mol. The van der Waals surface area contributed by atoms with Crippen molar-refractivity contribution in [1.29, 1.82) is 0 Å². The number of halogens is 1. The number of nitrogen functional groups attached to an aromatic ring is 1. The molecule has 0 radical (unpaired) electrons. The molecule has 0 aliphatic rings. The van der Waals surface area contributed by atoms with E-state index in [0.717, 1.165) is 5.56 Å². The molecule has 2 aromatic heterocycles. The van der Waals surface area contributed by atoms with E-state index in [0.29, 0.717) is 39.6 Å². The molecule has 0 spiro atoms. The highest BCUT2D eigenvalue weighted by atomic mass is 35.5. The third kappa shape index (κ3) is 4.60. The number of carbonyl (C=O) groups excluding carboxylic acids is 1. The van der Waals surface area contributed by atoms with E-state index >= 15 is 0 Å². The number of aryl methyl sites for hydroxylation is 1. The van der Waals surface area contributed by atoms with Crippen LogP contribution < -0.4 is 20.5 Å². The van der Waals surface area contributed by atoms with Crippen molar-refractivity contribution < 1.29 is 18.7 Å². The van der Waals surface area contributed by atoms with Crippen LogP contribution in [0.1, 0.15) is 21.9 Å². The molecule has 0 saturated heterocycles. The summed E-state index contributed by atoms with van der Waals surface area (Å²) in [6.45, 7) is 1.96. The summed E-state index contributed by atoms with van der Waals surface area (Å²) >= 11 is 5.87. The molecule has 0 fully saturated rings. The Balaban J connectivity index is 1.53. The van der Waals surface area contributed by atoms with Gasteiger partial charge in [-0.25, -0.2) is 9.67 Å². The second kappa shape index (κ2) is 9.21. The van der Waals surface area contributed by atoms with E-state index in [1.165, 1.54) is 4.68 Å². The molecule has 0 aliphatic carbocycles. The van der Waals surface area contributed by atoms with E-state index in [1.807, 2.05) is 6.07 Å². The minimum atomic E-state index is -0.482. The number of oxazole rings is 1. The molecule has 2 heterocycles. The quantitative estimate of drug-likeness (QED) is 0.419. The number of nitrogens with zero attached hydrogens (tertiary/aromatic N) is 4. The number of rotatable bonds is 7. The smallest absolute Gasteiger partial charge is 0.280 e. The van der Waals surface area contributed by atoms with Crippen molar-refractivity contribution in [2.75, 3.05) is 25.3 Å². The monoisotopic (exact) mass is 468 g/mol.